The monoisotopic (exact) mass is 247 g/mol. The number of aromatic nitrogens is 2. The predicted molar refractivity (Wildman–Crippen MR) is 66.0 cm³/mol. The second-order valence-corrected chi connectivity index (χ2v) is 5.11. The van der Waals surface area contributed by atoms with Crippen LogP contribution in [0.15, 0.2) is 23.8 Å². The van der Waals surface area contributed by atoms with Gasteiger partial charge in [-0.3, -0.25) is 4.79 Å². The van der Waals surface area contributed by atoms with Gasteiger partial charge in [0, 0.05) is 24.3 Å². The lowest BCUT2D eigenvalue weighted by atomic mass is 10.1. The van der Waals surface area contributed by atoms with Crippen molar-refractivity contribution in [3.8, 4) is 0 Å². The van der Waals surface area contributed by atoms with Crippen LogP contribution >= 0.6 is 11.3 Å². The number of aryl methyl sites for hydroxylation is 1. The number of aromatic amines is 1. The van der Waals surface area contributed by atoms with E-state index in [-0.39, 0.29) is 5.91 Å². The summed E-state index contributed by atoms with van der Waals surface area (Å²) in [5.74, 6) is 0.0951. The zero-order valence-corrected chi connectivity index (χ0v) is 10.2. The van der Waals surface area contributed by atoms with Crippen LogP contribution < -0.4 is 0 Å². The van der Waals surface area contributed by atoms with E-state index in [0.29, 0.717) is 6.54 Å². The minimum absolute atomic E-state index is 0.0951. The lowest BCUT2D eigenvalue weighted by Crippen LogP contribution is -2.30. The Morgan fingerprint density at radius 3 is 3.29 bits per heavy atom. The summed E-state index contributed by atoms with van der Waals surface area (Å²) in [6.45, 7) is 1.43. The molecule has 88 valence electrons. The number of nitrogens with zero attached hydrogens (tertiary/aromatic N) is 2. The number of amides is 1. The molecule has 0 unspecified atom stereocenters. The molecule has 1 amide bonds. The molecule has 0 saturated heterocycles. The average Bonchev–Trinajstić information content (AvgIpc) is 2.95. The van der Waals surface area contributed by atoms with Crippen LogP contribution in [0.5, 0.6) is 0 Å². The Kier molecular flexibility index (Phi) is 2.68. The van der Waals surface area contributed by atoms with Gasteiger partial charge in [0.1, 0.15) is 10.7 Å². The lowest BCUT2D eigenvalue weighted by molar-refractivity contribution is 0.0743. The molecule has 0 radical (unpaired) electrons. The summed E-state index contributed by atoms with van der Waals surface area (Å²) < 4.78 is 0. The van der Waals surface area contributed by atoms with Crippen LogP contribution in [0.4, 0.5) is 0 Å². The van der Waals surface area contributed by atoms with Crippen molar-refractivity contribution in [2.45, 2.75) is 19.4 Å². The lowest BCUT2D eigenvalue weighted by Gasteiger charge is -2.18. The highest BCUT2D eigenvalue weighted by Gasteiger charge is 2.23. The molecule has 1 aliphatic rings. The zero-order chi connectivity index (χ0) is 11.7. The zero-order valence-electron chi connectivity index (χ0n) is 9.35. The van der Waals surface area contributed by atoms with Gasteiger partial charge in [0.2, 0.25) is 0 Å². The van der Waals surface area contributed by atoms with Crippen molar-refractivity contribution in [3.05, 3.63) is 40.1 Å². The minimum Gasteiger partial charge on any atom is -0.357 e. The molecule has 1 aliphatic heterocycles. The standard InChI is InChI=1S/C12H13N3OS/c16-12-11-9(3-4-14-11)2-1-6-15(12)8-10-13-5-7-17-10/h3-5,7,14H,1-2,6,8H2. The second kappa shape index (κ2) is 4.33. The van der Waals surface area contributed by atoms with Crippen LogP contribution in [-0.2, 0) is 13.0 Å². The highest BCUT2D eigenvalue weighted by molar-refractivity contribution is 7.09. The molecule has 0 fully saturated rings. The van der Waals surface area contributed by atoms with Crippen LogP contribution in [0.3, 0.4) is 0 Å². The van der Waals surface area contributed by atoms with E-state index in [1.807, 2.05) is 22.5 Å². The van der Waals surface area contributed by atoms with Crippen molar-refractivity contribution in [3.63, 3.8) is 0 Å². The summed E-state index contributed by atoms with van der Waals surface area (Å²) >= 11 is 1.59. The van der Waals surface area contributed by atoms with Crippen LogP contribution in [-0.4, -0.2) is 27.3 Å². The Balaban J connectivity index is 1.84. The van der Waals surface area contributed by atoms with E-state index in [2.05, 4.69) is 9.97 Å². The van der Waals surface area contributed by atoms with Crippen LogP contribution in [0.2, 0.25) is 0 Å². The van der Waals surface area contributed by atoms with Crippen molar-refractivity contribution in [2.75, 3.05) is 6.54 Å². The van der Waals surface area contributed by atoms with E-state index in [1.54, 1.807) is 17.5 Å². The van der Waals surface area contributed by atoms with E-state index in [4.69, 9.17) is 0 Å². The van der Waals surface area contributed by atoms with Crippen molar-refractivity contribution >= 4 is 17.2 Å². The maximum absolute atomic E-state index is 12.3. The number of hydrogen-bond acceptors (Lipinski definition) is 3. The van der Waals surface area contributed by atoms with Crippen molar-refractivity contribution < 1.29 is 4.79 Å². The first-order chi connectivity index (χ1) is 8.34. The molecule has 2 aromatic heterocycles. The number of hydrogen-bond donors (Lipinski definition) is 1. The molecule has 0 saturated carbocycles. The molecule has 0 aliphatic carbocycles. The summed E-state index contributed by atoms with van der Waals surface area (Å²) in [5, 5.41) is 2.94. The molecule has 3 rings (SSSR count). The number of H-pyrrole nitrogens is 1. The van der Waals surface area contributed by atoms with Gasteiger partial charge in [-0.2, -0.15) is 0 Å². The van der Waals surface area contributed by atoms with Gasteiger partial charge >= 0.3 is 0 Å². The molecule has 3 heterocycles. The Morgan fingerprint density at radius 1 is 1.53 bits per heavy atom. The van der Waals surface area contributed by atoms with Crippen molar-refractivity contribution in [1.29, 1.82) is 0 Å². The Labute approximate surface area is 103 Å². The van der Waals surface area contributed by atoms with E-state index in [1.165, 1.54) is 0 Å². The minimum atomic E-state index is 0.0951. The van der Waals surface area contributed by atoms with Gasteiger partial charge in [0.15, 0.2) is 0 Å². The van der Waals surface area contributed by atoms with E-state index < -0.39 is 0 Å². The van der Waals surface area contributed by atoms with Gasteiger partial charge in [-0.1, -0.05) is 0 Å². The van der Waals surface area contributed by atoms with Gasteiger partial charge < -0.3 is 9.88 Å². The molecule has 2 aromatic rings. The summed E-state index contributed by atoms with van der Waals surface area (Å²) in [7, 11) is 0. The number of nitrogens with one attached hydrogen (secondary N) is 1. The fraction of sp³-hybridized carbons (Fsp3) is 0.333. The summed E-state index contributed by atoms with van der Waals surface area (Å²) in [6.07, 6.45) is 5.61. The molecule has 5 heteroatoms. The number of rotatable bonds is 2. The third kappa shape index (κ3) is 1.98. The predicted octanol–water partition coefficient (Wildman–Crippen LogP) is 2.06. The summed E-state index contributed by atoms with van der Waals surface area (Å²) in [6, 6.07) is 2.00. The first kappa shape index (κ1) is 10.5. The summed E-state index contributed by atoms with van der Waals surface area (Å²) in [4.78, 5) is 21.5. The van der Waals surface area contributed by atoms with Crippen LogP contribution in [0, 0.1) is 0 Å². The maximum Gasteiger partial charge on any atom is 0.270 e. The molecule has 4 nitrogen and oxygen atoms in total. The second-order valence-electron chi connectivity index (χ2n) is 4.13. The number of carbonyl (C=O) groups is 1. The van der Waals surface area contributed by atoms with Gasteiger partial charge in [-0.05, 0) is 24.5 Å². The number of fused-ring (bicyclic) bond motifs is 1. The highest BCUT2D eigenvalue weighted by atomic mass is 32.1. The molecular weight excluding hydrogens is 234 g/mol. The quantitative estimate of drug-likeness (QED) is 0.883. The highest BCUT2D eigenvalue weighted by Crippen LogP contribution is 2.19. The average molecular weight is 247 g/mol. The third-order valence-electron chi connectivity index (χ3n) is 3.02. The largest absolute Gasteiger partial charge is 0.357 e. The van der Waals surface area contributed by atoms with E-state index in [0.717, 1.165) is 35.7 Å². The molecule has 0 aromatic carbocycles. The molecule has 1 N–H and O–H groups in total. The Morgan fingerprint density at radius 2 is 2.47 bits per heavy atom. The smallest absolute Gasteiger partial charge is 0.270 e. The molecule has 17 heavy (non-hydrogen) atoms. The topological polar surface area (TPSA) is 49.0 Å². The van der Waals surface area contributed by atoms with Gasteiger partial charge in [-0.25, -0.2) is 4.98 Å². The maximum atomic E-state index is 12.3. The van der Waals surface area contributed by atoms with Crippen LogP contribution in [0.1, 0.15) is 27.5 Å². The fourth-order valence-corrected chi connectivity index (χ4v) is 2.81. The Bertz CT molecular complexity index is 518. The van der Waals surface area contributed by atoms with Gasteiger partial charge in [-0.15, -0.1) is 11.3 Å². The molecule has 0 bridgehead atoms. The summed E-state index contributed by atoms with van der Waals surface area (Å²) in [5.41, 5.74) is 1.88. The molecule has 0 spiro atoms. The third-order valence-corrected chi connectivity index (χ3v) is 3.78. The number of carbonyl (C=O) groups excluding carboxylic acids is 1. The van der Waals surface area contributed by atoms with Gasteiger partial charge in [0.05, 0.1) is 6.54 Å². The number of thiazole rings is 1. The normalized spacial score (nSPS) is 15.8. The van der Waals surface area contributed by atoms with Crippen molar-refractivity contribution in [2.24, 2.45) is 0 Å². The molecular formula is C12H13N3OS. The van der Waals surface area contributed by atoms with E-state index in [9.17, 15) is 4.79 Å². The van der Waals surface area contributed by atoms with Gasteiger partial charge in [0.25, 0.3) is 5.91 Å². The van der Waals surface area contributed by atoms with Crippen LogP contribution in [0.25, 0.3) is 0 Å². The van der Waals surface area contributed by atoms with E-state index >= 15 is 0 Å². The Hall–Kier alpha value is -1.62. The first-order valence-electron chi connectivity index (χ1n) is 5.68. The SMILES string of the molecule is O=C1c2[nH]ccc2CCCN1Cc1nccs1. The first-order valence-corrected chi connectivity index (χ1v) is 6.56. The van der Waals surface area contributed by atoms with Crippen molar-refractivity contribution in [1.82, 2.24) is 14.9 Å². The fourth-order valence-electron chi connectivity index (χ4n) is 2.17. The molecule has 0 atom stereocenters.